The minimum Gasteiger partial charge on any atom is -0.392 e. The van der Waals surface area contributed by atoms with Crippen LogP contribution in [0.25, 0.3) is 0 Å². The maximum absolute atomic E-state index is 12.5. The van der Waals surface area contributed by atoms with Crippen LogP contribution in [-0.2, 0) is 16.6 Å². The number of rotatable bonds is 3. The van der Waals surface area contributed by atoms with Gasteiger partial charge in [-0.2, -0.15) is 4.31 Å². The zero-order valence-corrected chi connectivity index (χ0v) is 11.6. The van der Waals surface area contributed by atoms with E-state index >= 15 is 0 Å². The summed E-state index contributed by atoms with van der Waals surface area (Å²) in [5, 5.41) is 9.12. The molecule has 0 spiro atoms. The first-order valence-electron chi connectivity index (χ1n) is 6.15. The summed E-state index contributed by atoms with van der Waals surface area (Å²) in [5.74, 6) is 0.418. The molecule has 0 saturated carbocycles. The van der Waals surface area contributed by atoms with Crippen LogP contribution in [-0.4, -0.2) is 30.9 Å². The van der Waals surface area contributed by atoms with Crippen molar-refractivity contribution in [2.75, 3.05) is 13.1 Å². The Kier molecular flexibility index (Phi) is 3.75. The van der Waals surface area contributed by atoms with E-state index in [-0.39, 0.29) is 6.61 Å². The second-order valence-electron chi connectivity index (χ2n) is 5.01. The fraction of sp³-hybridized carbons (Fsp3) is 0.538. The van der Waals surface area contributed by atoms with E-state index in [0.717, 1.165) is 12.0 Å². The molecule has 1 N–H and O–H groups in total. The van der Waals surface area contributed by atoms with Crippen LogP contribution >= 0.6 is 0 Å². The summed E-state index contributed by atoms with van der Waals surface area (Å²) >= 11 is 0. The van der Waals surface area contributed by atoms with Crippen molar-refractivity contribution in [1.82, 2.24) is 4.31 Å². The van der Waals surface area contributed by atoms with Crippen LogP contribution in [0.5, 0.6) is 0 Å². The average molecular weight is 269 g/mol. The largest absolute Gasteiger partial charge is 0.392 e. The maximum atomic E-state index is 12.5. The Morgan fingerprint density at radius 1 is 1.44 bits per heavy atom. The maximum Gasteiger partial charge on any atom is 0.243 e. The minimum atomic E-state index is -3.41. The molecule has 0 amide bonds. The summed E-state index contributed by atoms with van der Waals surface area (Å²) in [4.78, 5) is 0.322. The van der Waals surface area contributed by atoms with E-state index in [9.17, 15) is 8.42 Å². The minimum absolute atomic E-state index is 0.140. The van der Waals surface area contributed by atoms with Gasteiger partial charge in [-0.05, 0) is 36.5 Å². The van der Waals surface area contributed by atoms with Crippen molar-refractivity contribution in [3.8, 4) is 0 Å². The zero-order chi connectivity index (χ0) is 13.3. The van der Waals surface area contributed by atoms with Gasteiger partial charge in [-0.3, -0.25) is 0 Å². The zero-order valence-electron chi connectivity index (χ0n) is 10.8. The Balaban J connectivity index is 2.40. The molecule has 1 atom stereocenters. The molecule has 4 nitrogen and oxygen atoms in total. The number of aryl methyl sites for hydroxylation is 1. The SMILES string of the molecule is Cc1ccc(CO)cc1S(=O)(=O)N1CCC(C)C1. The Morgan fingerprint density at radius 2 is 2.17 bits per heavy atom. The number of benzene rings is 1. The Hall–Kier alpha value is -0.910. The molecule has 5 heteroatoms. The van der Waals surface area contributed by atoms with Crippen molar-refractivity contribution in [3.63, 3.8) is 0 Å². The Labute approximate surface area is 108 Å². The fourth-order valence-electron chi connectivity index (χ4n) is 2.27. The molecule has 0 radical (unpaired) electrons. The molecule has 2 rings (SSSR count). The monoisotopic (exact) mass is 269 g/mol. The first-order chi connectivity index (χ1) is 8.45. The topological polar surface area (TPSA) is 57.6 Å². The van der Waals surface area contributed by atoms with Crippen LogP contribution in [0.2, 0.25) is 0 Å². The highest BCUT2D eigenvalue weighted by Gasteiger charge is 2.31. The summed E-state index contributed by atoms with van der Waals surface area (Å²) in [5.41, 5.74) is 1.36. The second-order valence-corrected chi connectivity index (χ2v) is 6.92. The number of aliphatic hydroxyl groups excluding tert-OH is 1. The second kappa shape index (κ2) is 4.99. The van der Waals surface area contributed by atoms with E-state index in [2.05, 4.69) is 6.92 Å². The van der Waals surface area contributed by atoms with Crippen LogP contribution < -0.4 is 0 Å². The van der Waals surface area contributed by atoms with E-state index in [1.807, 2.05) is 0 Å². The smallest absolute Gasteiger partial charge is 0.243 e. The summed E-state index contributed by atoms with van der Waals surface area (Å²) in [6, 6.07) is 5.08. The van der Waals surface area contributed by atoms with E-state index in [1.165, 1.54) is 0 Å². The van der Waals surface area contributed by atoms with Crippen LogP contribution in [0.15, 0.2) is 23.1 Å². The van der Waals surface area contributed by atoms with Crippen molar-refractivity contribution < 1.29 is 13.5 Å². The molecular formula is C13H19NO3S. The van der Waals surface area contributed by atoms with Gasteiger partial charge in [-0.1, -0.05) is 19.1 Å². The lowest BCUT2D eigenvalue weighted by Gasteiger charge is -2.18. The third-order valence-electron chi connectivity index (χ3n) is 3.44. The molecule has 1 aliphatic rings. The van der Waals surface area contributed by atoms with Crippen LogP contribution in [0.1, 0.15) is 24.5 Å². The van der Waals surface area contributed by atoms with E-state index in [0.29, 0.717) is 29.5 Å². The van der Waals surface area contributed by atoms with Crippen molar-refractivity contribution in [2.45, 2.75) is 31.8 Å². The lowest BCUT2D eigenvalue weighted by Crippen LogP contribution is -2.29. The quantitative estimate of drug-likeness (QED) is 0.905. The first kappa shape index (κ1) is 13.5. The summed E-state index contributed by atoms with van der Waals surface area (Å²) in [7, 11) is -3.41. The van der Waals surface area contributed by atoms with Crippen molar-refractivity contribution in [3.05, 3.63) is 29.3 Å². The molecule has 1 aromatic rings. The third kappa shape index (κ3) is 2.43. The lowest BCUT2D eigenvalue weighted by atomic mass is 10.2. The van der Waals surface area contributed by atoms with Crippen molar-refractivity contribution >= 4 is 10.0 Å². The van der Waals surface area contributed by atoms with Gasteiger partial charge in [0.2, 0.25) is 10.0 Å². The van der Waals surface area contributed by atoms with Gasteiger partial charge in [-0.15, -0.1) is 0 Å². The molecular weight excluding hydrogens is 250 g/mol. The predicted octanol–water partition coefficient (Wildman–Crippen LogP) is 1.52. The van der Waals surface area contributed by atoms with Gasteiger partial charge in [-0.25, -0.2) is 8.42 Å². The normalized spacial score (nSPS) is 21.4. The molecule has 1 aliphatic heterocycles. The number of hydrogen-bond donors (Lipinski definition) is 1. The number of aliphatic hydroxyl groups is 1. The molecule has 1 unspecified atom stereocenters. The average Bonchev–Trinajstić information content (AvgIpc) is 2.77. The highest BCUT2D eigenvalue weighted by atomic mass is 32.2. The Bertz CT molecular complexity index is 539. The molecule has 1 fully saturated rings. The standard InChI is InChI=1S/C13H19NO3S/c1-10-5-6-14(8-10)18(16,17)13-7-12(9-15)4-3-11(13)2/h3-4,7,10,15H,5-6,8-9H2,1-2H3. The highest BCUT2D eigenvalue weighted by molar-refractivity contribution is 7.89. The molecule has 1 heterocycles. The van der Waals surface area contributed by atoms with Crippen LogP contribution in [0.3, 0.4) is 0 Å². The van der Waals surface area contributed by atoms with Crippen LogP contribution in [0.4, 0.5) is 0 Å². The molecule has 18 heavy (non-hydrogen) atoms. The van der Waals surface area contributed by atoms with Gasteiger partial charge in [0.1, 0.15) is 0 Å². The molecule has 0 aliphatic carbocycles. The van der Waals surface area contributed by atoms with Gasteiger partial charge < -0.3 is 5.11 Å². The molecule has 1 aromatic carbocycles. The summed E-state index contributed by atoms with van der Waals surface area (Å²) in [6.07, 6.45) is 0.915. The van der Waals surface area contributed by atoms with Gasteiger partial charge in [0.05, 0.1) is 11.5 Å². The van der Waals surface area contributed by atoms with Gasteiger partial charge in [0.15, 0.2) is 0 Å². The molecule has 0 bridgehead atoms. The summed E-state index contributed by atoms with van der Waals surface area (Å²) in [6.45, 7) is 4.89. The van der Waals surface area contributed by atoms with E-state index < -0.39 is 10.0 Å². The predicted molar refractivity (Wildman–Crippen MR) is 69.6 cm³/mol. The first-order valence-corrected chi connectivity index (χ1v) is 7.59. The molecule has 0 aromatic heterocycles. The van der Waals surface area contributed by atoms with Crippen LogP contribution in [0, 0.1) is 12.8 Å². The van der Waals surface area contributed by atoms with Crippen molar-refractivity contribution in [2.24, 2.45) is 5.92 Å². The van der Waals surface area contributed by atoms with Crippen molar-refractivity contribution in [1.29, 1.82) is 0 Å². The number of nitrogens with zero attached hydrogens (tertiary/aromatic N) is 1. The van der Waals surface area contributed by atoms with Gasteiger partial charge in [0, 0.05) is 13.1 Å². The van der Waals surface area contributed by atoms with Gasteiger partial charge in [0.25, 0.3) is 0 Å². The highest BCUT2D eigenvalue weighted by Crippen LogP contribution is 2.26. The lowest BCUT2D eigenvalue weighted by molar-refractivity contribution is 0.281. The van der Waals surface area contributed by atoms with Gasteiger partial charge >= 0.3 is 0 Å². The fourth-order valence-corrected chi connectivity index (χ4v) is 4.12. The summed E-state index contributed by atoms with van der Waals surface area (Å²) < 4.78 is 26.6. The third-order valence-corrected chi connectivity index (χ3v) is 5.45. The molecule has 1 saturated heterocycles. The number of hydrogen-bond acceptors (Lipinski definition) is 3. The molecule has 100 valence electrons. The Morgan fingerprint density at radius 3 is 2.72 bits per heavy atom. The van der Waals surface area contributed by atoms with E-state index in [1.54, 1.807) is 29.4 Å². The van der Waals surface area contributed by atoms with E-state index in [4.69, 9.17) is 5.11 Å². The number of sulfonamides is 1.